The van der Waals surface area contributed by atoms with E-state index in [9.17, 15) is 25.1 Å². The lowest BCUT2D eigenvalue weighted by molar-refractivity contribution is -0.384. The van der Waals surface area contributed by atoms with Gasteiger partial charge < -0.3 is 10.2 Å². The monoisotopic (exact) mass is 301 g/mol. The van der Waals surface area contributed by atoms with Crippen molar-refractivity contribution in [3.8, 4) is 11.5 Å². The Labute approximate surface area is 124 Å². The highest BCUT2D eigenvalue weighted by Crippen LogP contribution is 2.26. The molecule has 2 rings (SSSR count). The van der Waals surface area contributed by atoms with E-state index in [-0.39, 0.29) is 28.3 Å². The molecule has 0 aliphatic carbocycles. The van der Waals surface area contributed by atoms with E-state index < -0.39 is 10.8 Å². The second kappa shape index (κ2) is 6.35. The Morgan fingerprint density at radius 1 is 1.23 bits per heavy atom. The molecule has 8 heteroatoms. The van der Waals surface area contributed by atoms with Gasteiger partial charge >= 0.3 is 0 Å². The number of carbonyl (C=O) groups is 1. The van der Waals surface area contributed by atoms with Gasteiger partial charge in [0.15, 0.2) is 11.5 Å². The van der Waals surface area contributed by atoms with Crippen molar-refractivity contribution in [2.45, 2.75) is 0 Å². The summed E-state index contributed by atoms with van der Waals surface area (Å²) in [5.74, 6) is -1.32. The summed E-state index contributed by atoms with van der Waals surface area (Å²) in [6.45, 7) is 0. The topological polar surface area (TPSA) is 125 Å². The van der Waals surface area contributed by atoms with Gasteiger partial charge in [0, 0.05) is 23.3 Å². The standard InChI is InChI=1S/C14H11N3O5/c18-12-6-2-4-10(13(12)19)8-15-16-14(20)9-3-1-5-11(7-9)17(21)22/h1-8,18-19H,(H,16,20)/b15-8+. The maximum absolute atomic E-state index is 11.8. The summed E-state index contributed by atoms with van der Waals surface area (Å²) in [5, 5.41) is 33.1. The smallest absolute Gasteiger partial charge is 0.271 e. The fourth-order valence-electron chi connectivity index (χ4n) is 1.64. The van der Waals surface area contributed by atoms with Crippen molar-refractivity contribution in [2.75, 3.05) is 0 Å². The molecule has 0 heterocycles. The lowest BCUT2D eigenvalue weighted by Gasteiger charge is -2.01. The minimum absolute atomic E-state index is 0.0754. The summed E-state index contributed by atoms with van der Waals surface area (Å²) in [7, 11) is 0. The van der Waals surface area contributed by atoms with Gasteiger partial charge in [0.25, 0.3) is 11.6 Å². The second-order valence-corrected chi connectivity index (χ2v) is 4.22. The van der Waals surface area contributed by atoms with Crippen molar-refractivity contribution < 1.29 is 19.9 Å². The van der Waals surface area contributed by atoms with Crippen LogP contribution in [0, 0.1) is 10.1 Å². The number of nitro benzene ring substituents is 1. The van der Waals surface area contributed by atoms with Gasteiger partial charge in [0.2, 0.25) is 0 Å². The number of amides is 1. The molecular weight excluding hydrogens is 290 g/mol. The fraction of sp³-hybridized carbons (Fsp3) is 0. The third-order valence-corrected chi connectivity index (χ3v) is 2.73. The van der Waals surface area contributed by atoms with Crippen LogP contribution in [0.5, 0.6) is 11.5 Å². The molecule has 8 nitrogen and oxygen atoms in total. The molecule has 0 aliphatic heterocycles. The molecule has 3 N–H and O–H groups in total. The zero-order valence-electron chi connectivity index (χ0n) is 11.1. The minimum atomic E-state index is -0.639. The average Bonchev–Trinajstić information content (AvgIpc) is 2.51. The van der Waals surface area contributed by atoms with Crippen LogP contribution in [0.15, 0.2) is 47.6 Å². The zero-order chi connectivity index (χ0) is 16.1. The predicted molar refractivity (Wildman–Crippen MR) is 77.9 cm³/mol. The Kier molecular flexibility index (Phi) is 4.33. The number of non-ortho nitro benzene ring substituents is 1. The first-order valence-electron chi connectivity index (χ1n) is 6.08. The van der Waals surface area contributed by atoms with Crippen LogP contribution in [0.3, 0.4) is 0 Å². The molecule has 0 atom stereocenters. The van der Waals surface area contributed by atoms with E-state index in [2.05, 4.69) is 10.5 Å². The van der Waals surface area contributed by atoms with E-state index in [0.717, 1.165) is 12.3 Å². The third kappa shape index (κ3) is 3.37. The first-order valence-corrected chi connectivity index (χ1v) is 6.08. The highest BCUT2D eigenvalue weighted by atomic mass is 16.6. The number of aromatic hydroxyl groups is 2. The van der Waals surface area contributed by atoms with Crippen molar-refractivity contribution in [1.82, 2.24) is 5.43 Å². The zero-order valence-corrected chi connectivity index (χ0v) is 11.1. The Bertz CT molecular complexity index is 758. The molecular formula is C14H11N3O5. The number of carbonyl (C=O) groups excluding carboxylic acids is 1. The number of nitrogens with zero attached hydrogens (tertiary/aromatic N) is 2. The lowest BCUT2D eigenvalue weighted by atomic mass is 10.2. The summed E-state index contributed by atoms with van der Waals surface area (Å²) in [6.07, 6.45) is 1.14. The number of phenols is 2. The summed E-state index contributed by atoms with van der Waals surface area (Å²) >= 11 is 0. The Hall–Kier alpha value is -3.42. The van der Waals surface area contributed by atoms with Crippen molar-refractivity contribution in [3.05, 3.63) is 63.7 Å². The van der Waals surface area contributed by atoms with Gasteiger partial charge in [-0.3, -0.25) is 14.9 Å². The fourth-order valence-corrected chi connectivity index (χ4v) is 1.64. The molecule has 2 aromatic carbocycles. The molecule has 22 heavy (non-hydrogen) atoms. The van der Waals surface area contributed by atoms with Crippen LogP contribution in [0.4, 0.5) is 5.69 Å². The summed E-state index contributed by atoms with van der Waals surface area (Å²) in [6, 6.07) is 9.47. The molecule has 112 valence electrons. The van der Waals surface area contributed by atoms with Crippen molar-refractivity contribution in [1.29, 1.82) is 0 Å². The Balaban J connectivity index is 2.09. The van der Waals surface area contributed by atoms with Gasteiger partial charge in [-0.2, -0.15) is 5.10 Å². The van der Waals surface area contributed by atoms with Crippen LogP contribution >= 0.6 is 0 Å². The average molecular weight is 301 g/mol. The van der Waals surface area contributed by atoms with Gasteiger partial charge in [-0.25, -0.2) is 5.43 Å². The number of benzene rings is 2. The van der Waals surface area contributed by atoms with Crippen LogP contribution in [0.1, 0.15) is 15.9 Å². The number of hydrazone groups is 1. The Morgan fingerprint density at radius 2 is 1.95 bits per heavy atom. The molecule has 1 amide bonds. The minimum Gasteiger partial charge on any atom is -0.504 e. The molecule has 0 unspecified atom stereocenters. The molecule has 0 bridgehead atoms. The highest BCUT2D eigenvalue weighted by molar-refractivity contribution is 5.95. The van der Waals surface area contributed by atoms with Gasteiger partial charge in [0.05, 0.1) is 11.1 Å². The third-order valence-electron chi connectivity index (χ3n) is 2.73. The normalized spacial score (nSPS) is 10.5. The first kappa shape index (κ1) is 15.0. The van der Waals surface area contributed by atoms with E-state index in [0.29, 0.717) is 0 Å². The van der Waals surface area contributed by atoms with Crippen LogP contribution in [0.25, 0.3) is 0 Å². The van der Waals surface area contributed by atoms with Crippen molar-refractivity contribution >= 4 is 17.8 Å². The predicted octanol–water partition coefficient (Wildman–Crippen LogP) is 1.77. The molecule has 0 spiro atoms. The number of rotatable bonds is 4. The molecule has 0 aromatic heterocycles. The van der Waals surface area contributed by atoms with Crippen LogP contribution in [0.2, 0.25) is 0 Å². The number of nitro groups is 1. The molecule has 0 fully saturated rings. The molecule has 0 saturated heterocycles. The van der Waals surface area contributed by atoms with Crippen molar-refractivity contribution in [2.24, 2.45) is 5.10 Å². The van der Waals surface area contributed by atoms with E-state index in [4.69, 9.17) is 0 Å². The number of nitrogens with one attached hydrogen (secondary N) is 1. The summed E-state index contributed by atoms with van der Waals surface area (Å²) in [5.41, 5.74) is 2.25. The maximum Gasteiger partial charge on any atom is 0.271 e. The van der Waals surface area contributed by atoms with E-state index in [1.165, 1.54) is 36.4 Å². The van der Waals surface area contributed by atoms with Gasteiger partial charge in [-0.1, -0.05) is 12.1 Å². The number of hydrogen-bond donors (Lipinski definition) is 3. The number of para-hydroxylation sites is 1. The molecule has 0 aliphatic rings. The van der Waals surface area contributed by atoms with Gasteiger partial charge in [0.1, 0.15) is 0 Å². The van der Waals surface area contributed by atoms with E-state index in [1.807, 2.05) is 0 Å². The molecule has 0 saturated carbocycles. The van der Waals surface area contributed by atoms with Gasteiger partial charge in [-0.15, -0.1) is 0 Å². The maximum atomic E-state index is 11.8. The Morgan fingerprint density at radius 3 is 2.68 bits per heavy atom. The van der Waals surface area contributed by atoms with Gasteiger partial charge in [-0.05, 0) is 18.2 Å². The first-order chi connectivity index (χ1) is 10.5. The molecule has 0 radical (unpaired) electrons. The SMILES string of the molecule is O=C(N/N=C/c1cccc(O)c1O)c1cccc([N+](=O)[O-])c1. The lowest BCUT2D eigenvalue weighted by Crippen LogP contribution is -2.17. The molecule has 2 aromatic rings. The van der Waals surface area contributed by atoms with Crippen LogP contribution in [-0.2, 0) is 0 Å². The second-order valence-electron chi connectivity index (χ2n) is 4.22. The quantitative estimate of drug-likeness (QED) is 0.343. The van der Waals surface area contributed by atoms with Crippen LogP contribution < -0.4 is 5.43 Å². The van der Waals surface area contributed by atoms with E-state index >= 15 is 0 Å². The number of hydrogen-bond acceptors (Lipinski definition) is 6. The number of phenolic OH excluding ortho intramolecular Hbond substituents is 2. The van der Waals surface area contributed by atoms with Crippen molar-refractivity contribution in [3.63, 3.8) is 0 Å². The highest BCUT2D eigenvalue weighted by Gasteiger charge is 2.10. The largest absolute Gasteiger partial charge is 0.504 e. The summed E-state index contributed by atoms with van der Waals surface area (Å²) < 4.78 is 0. The van der Waals surface area contributed by atoms with Crippen LogP contribution in [-0.4, -0.2) is 27.3 Å². The van der Waals surface area contributed by atoms with E-state index in [1.54, 1.807) is 0 Å². The summed E-state index contributed by atoms with van der Waals surface area (Å²) in [4.78, 5) is 21.8.